The molecule has 86 valence electrons. The number of hydrogen-bond acceptors (Lipinski definition) is 4. The summed E-state index contributed by atoms with van der Waals surface area (Å²) in [4.78, 5) is 16.3. The van der Waals surface area contributed by atoms with Gasteiger partial charge >= 0.3 is 0 Å². The topological polar surface area (TPSA) is 51.2 Å². The van der Waals surface area contributed by atoms with Crippen LogP contribution in [0.4, 0.5) is 0 Å². The van der Waals surface area contributed by atoms with E-state index in [1.807, 2.05) is 6.92 Å². The summed E-state index contributed by atoms with van der Waals surface area (Å²) >= 11 is 0. The molecule has 1 aliphatic rings. The Morgan fingerprint density at radius 2 is 2.38 bits per heavy atom. The highest BCUT2D eigenvalue weighted by atomic mass is 16.5. The molecule has 1 fully saturated rings. The molecule has 1 saturated heterocycles. The maximum Gasteiger partial charge on any atom is 0.171 e. The minimum Gasteiger partial charge on any atom is -0.495 e. The smallest absolute Gasteiger partial charge is 0.171 e. The van der Waals surface area contributed by atoms with Crippen LogP contribution in [0.1, 0.15) is 23.7 Å². The number of ether oxygens (including phenoxy) is 1. The summed E-state index contributed by atoms with van der Waals surface area (Å²) in [5.74, 6) is 0.768. The predicted molar refractivity (Wildman–Crippen MR) is 60.7 cm³/mol. The molecule has 0 amide bonds. The quantitative estimate of drug-likeness (QED) is 0.779. The first kappa shape index (κ1) is 11.1. The molecule has 4 heteroatoms. The van der Waals surface area contributed by atoms with Crippen molar-refractivity contribution in [1.82, 2.24) is 10.3 Å². The highest BCUT2D eigenvalue weighted by Crippen LogP contribution is 2.29. The van der Waals surface area contributed by atoms with Gasteiger partial charge in [0, 0.05) is 23.7 Å². The molecule has 4 nitrogen and oxygen atoms in total. The minimum atomic E-state index is -0.298. The monoisotopic (exact) mass is 220 g/mol. The van der Waals surface area contributed by atoms with Crippen LogP contribution in [0, 0.1) is 5.41 Å². The molecule has 0 bridgehead atoms. The zero-order valence-corrected chi connectivity index (χ0v) is 9.62. The zero-order valence-electron chi connectivity index (χ0n) is 9.62. The Morgan fingerprint density at radius 1 is 1.56 bits per heavy atom. The van der Waals surface area contributed by atoms with Gasteiger partial charge in [-0.2, -0.15) is 0 Å². The third-order valence-electron chi connectivity index (χ3n) is 3.13. The van der Waals surface area contributed by atoms with Crippen molar-refractivity contribution in [3.05, 3.63) is 24.0 Å². The van der Waals surface area contributed by atoms with Gasteiger partial charge in [0.2, 0.25) is 0 Å². The molecule has 1 N–H and O–H groups in total. The van der Waals surface area contributed by atoms with E-state index >= 15 is 0 Å². The van der Waals surface area contributed by atoms with Gasteiger partial charge in [-0.1, -0.05) is 6.92 Å². The number of methoxy groups -OCH3 is 1. The van der Waals surface area contributed by atoms with E-state index in [1.165, 1.54) is 0 Å². The molecule has 0 spiro atoms. The Bertz CT molecular complexity index is 398. The highest BCUT2D eigenvalue weighted by molar-refractivity contribution is 6.00. The number of pyridine rings is 1. The standard InChI is InChI=1S/C12H16N2O2/c1-12(3-4-13-8-12)11(15)9-5-10(16-2)7-14-6-9/h5-7,13H,3-4,8H2,1-2H3. The summed E-state index contributed by atoms with van der Waals surface area (Å²) in [5, 5.41) is 3.22. The fourth-order valence-electron chi connectivity index (χ4n) is 2.01. The van der Waals surface area contributed by atoms with Crippen molar-refractivity contribution in [3.8, 4) is 5.75 Å². The van der Waals surface area contributed by atoms with Crippen molar-refractivity contribution in [1.29, 1.82) is 0 Å². The fraction of sp³-hybridized carbons (Fsp3) is 0.500. The molecule has 1 unspecified atom stereocenters. The van der Waals surface area contributed by atoms with E-state index in [0.717, 1.165) is 19.5 Å². The molecule has 0 saturated carbocycles. The summed E-state index contributed by atoms with van der Waals surface area (Å²) in [6, 6.07) is 1.75. The van der Waals surface area contributed by atoms with E-state index in [2.05, 4.69) is 10.3 Å². The fourth-order valence-corrected chi connectivity index (χ4v) is 2.01. The number of carbonyl (C=O) groups is 1. The maximum atomic E-state index is 12.3. The van der Waals surface area contributed by atoms with Crippen molar-refractivity contribution in [2.75, 3.05) is 20.2 Å². The Kier molecular flexibility index (Phi) is 2.92. The molecule has 1 aliphatic heterocycles. The van der Waals surface area contributed by atoms with Crippen LogP contribution in [0.2, 0.25) is 0 Å². The summed E-state index contributed by atoms with van der Waals surface area (Å²) in [5.41, 5.74) is 0.333. The van der Waals surface area contributed by atoms with Crippen molar-refractivity contribution < 1.29 is 9.53 Å². The number of ketones is 1. The summed E-state index contributed by atoms with van der Waals surface area (Å²) in [6.07, 6.45) is 4.09. The lowest BCUT2D eigenvalue weighted by Gasteiger charge is -2.20. The van der Waals surface area contributed by atoms with E-state index < -0.39 is 0 Å². The molecule has 0 aromatic carbocycles. The lowest BCUT2D eigenvalue weighted by atomic mass is 9.82. The van der Waals surface area contributed by atoms with Crippen LogP contribution in [0.5, 0.6) is 5.75 Å². The number of nitrogens with one attached hydrogen (secondary N) is 1. The minimum absolute atomic E-state index is 0.143. The second kappa shape index (κ2) is 4.22. The van der Waals surface area contributed by atoms with Gasteiger partial charge in [0.25, 0.3) is 0 Å². The van der Waals surface area contributed by atoms with Gasteiger partial charge in [-0.3, -0.25) is 9.78 Å². The molecular formula is C12H16N2O2. The van der Waals surface area contributed by atoms with Gasteiger partial charge < -0.3 is 10.1 Å². The zero-order chi connectivity index (χ0) is 11.6. The number of Topliss-reactive ketones (excluding diaryl/α,β-unsaturated/α-hetero) is 1. The molecule has 1 atom stereocenters. The first-order valence-electron chi connectivity index (χ1n) is 5.40. The Labute approximate surface area is 95.0 Å². The maximum absolute atomic E-state index is 12.3. The number of nitrogens with zero attached hydrogens (tertiary/aromatic N) is 1. The molecule has 0 radical (unpaired) electrons. The van der Waals surface area contributed by atoms with Gasteiger partial charge in [-0.15, -0.1) is 0 Å². The average Bonchev–Trinajstić information content (AvgIpc) is 2.76. The number of hydrogen-bond donors (Lipinski definition) is 1. The van der Waals surface area contributed by atoms with Gasteiger partial charge in [-0.25, -0.2) is 0 Å². The third kappa shape index (κ3) is 1.93. The van der Waals surface area contributed by atoms with Crippen LogP contribution in [-0.4, -0.2) is 31.0 Å². The van der Waals surface area contributed by atoms with E-state index in [-0.39, 0.29) is 11.2 Å². The number of carbonyl (C=O) groups excluding carboxylic acids is 1. The summed E-state index contributed by atoms with van der Waals surface area (Å²) in [7, 11) is 1.57. The third-order valence-corrected chi connectivity index (χ3v) is 3.13. The molecule has 0 aliphatic carbocycles. The van der Waals surface area contributed by atoms with Crippen LogP contribution in [0.3, 0.4) is 0 Å². The van der Waals surface area contributed by atoms with Crippen LogP contribution in [0.15, 0.2) is 18.5 Å². The van der Waals surface area contributed by atoms with Crippen molar-refractivity contribution in [3.63, 3.8) is 0 Å². The molecule has 1 aromatic rings. The lowest BCUT2D eigenvalue weighted by molar-refractivity contribution is 0.0838. The Morgan fingerprint density at radius 3 is 3.00 bits per heavy atom. The first-order chi connectivity index (χ1) is 7.65. The van der Waals surface area contributed by atoms with Gasteiger partial charge in [0.05, 0.1) is 13.3 Å². The Balaban J connectivity index is 2.26. The molecule has 1 aromatic heterocycles. The largest absolute Gasteiger partial charge is 0.495 e. The number of aromatic nitrogens is 1. The van der Waals surface area contributed by atoms with E-state index in [0.29, 0.717) is 11.3 Å². The van der Waals surface area contributed by atoms with E-state index in [1.54, 1.807) is 25.6 Å². The van der Waals surface area contributed by atoms with Crippen LogP contribution >= 0.6 is 0 Å². The SMILES string of the molecule is COc1cncc(C(=O)C2(C)CCNC2)c1. The van der Waals surface area contributed by atoms with Crippen LogP contribution in [0.25, 0.3) is 0 Å². The van der Waals surface area contributed by atoms with E-state index in [4.69, 9.17) is 4.74 Å². The molecule has 2 rings (SSSR count). The Hall–Kier alpha value is -1.42. The summed E-state index contributed by atoms with van der Waals surface area (Å²) < 4.78 is 5.07. The highest BCUT2D eigenvalue weighted by Gasteiger charge is 2.36. The van der Waals surface area contributed by atoms with Crippen molar-refractivity contribution in [2.24, 2.45) is 5.41 Å². The molecular weight excluding hydrogens is 204 g/mol. The number of rotatable bonds is 3. The molecule has 16 heavy (non-hydrogen) atoms. The second-order valence-corrected chi connectivity index (χ2v) is 4.43. The van der Waals surface area contributed by atoms with E-state index in [9.17, 15) is 4.79 Å². The average molecular weight is 220 g/mol. The second-order valence-electron chi connectivity index (χ2n) is 4.43. The van der Waals surface area contributed by atoms with Crippen molar-refractivity contribution >= 4 is 5.78 Å². The van der Waals surface area contributed by atoms with Crippen LogP contribution < -0.4 is 10.1 Å². The normalized spacial score (nSPS) is 24.4. The van der Waals surface area contributed by atoms with Crippen LogP contribution in [-0.2, 0) is 0 Å². The van der Waals surface area contributed by atoms with Gasteiger partial charge in [0.15, 0.2) is 5.78 Å². The first-order valence-corrected chi connectivity index (χ1v) is 5.40. The van der Waals surface area contributed by atoms with Gasteiger partial charge in [-0.05, 0) is 19.0 Å². The lowest BCUT2D eigenvalue weighted by Crippen LogP contribution is -2.30. The van der Waals surface area contributed by atoms with Gasteiger partial charge in [0.1, 0.15) is 5.75 Å². The summed E-state index contributed by atoms with van der Waals surface area (Å²) in [6.45, 7) is 3.64. The molecule has 2 heterocycles. The predicted octanol–water partition coefficient (Wildman–Crippen LogP) is 1.27. The van der Waals surface area contributed by atoms with Crippen molar-refractivity contribution in [2.45, 2.75) is 13.3 Å².